The van der Waals surface area contributed by atoms with Crippen molar-refractivity contribution in [1.82, 2.24) is 15.0 Å². The van der Waals surface area contributed by atoms with Gasteiger partial charge in [0.1, 0.15) is 5.75 Å². The van der Waals surface area contributed by atoms with Crippen molar-refractivity contribution in [2.75, 3.05) is 12.0 Å². The van der Waals surface area contributed by atoms with E-state index >= 15 is 0 Å². The Morgan fingerprint density at radius 3 is 2.83 bits per heavy atom. The molecule has 0 spiro atoms. The minimum Gasteiger partial charge on any atom is -0.497 e. The highest BCUT2D eigenvalue weighted by Gasteiger charge is 2.24. The highest BCUT2D eigenvalue weighted by Crippen LogP contribution is 2.33. The number of para-hydroxylation sites is 1. The monoisotopic (exact) mass is 414 g/mol. The van der Waals surface area contributed by atoms with E-state index in [0.29, 0.717) is 17.2 Å². The molecule has 148 valence electrons. The van der Waals surface area contributed by atoms with Crippen LogP contribution in [0.25, 0.3) is 21.1 Å². The van der Waals surface area contributed by atoms with E-state index in [1.54, 1.807) is 24.4 Å². The number of benzene rings is 2. The van der Waals surface area contributed by atoms with Gasteiger partial charge in [0.25, 0.3) is 5.91 Å². The van der Waals surface area contributed by atoms with Crippen molar-refractivity contribution in [2.45, 2.75) is 6.54 Å². The topological polar surface area (TPSA) is 71.1 Å². The molecule has 5 aromatic rings. The van der Waals surface area contributed by atoms with E-state index in [2.05, 4.69) is 9.97 Å². The molecule has 0 aliphatic rings. The Morgan fingerprint density at radius 2 is 2.00 bits per heavy atom. The summed E-state index contributed by atoms with van der Waals surface area (Å²) in [4.78, 5) is 27.7. The second-order valence-corrected chi connectivity index (χ2v) is 7.80. The highest BCUT2D eigenvalue weighted by atomic mass is 32.1. The molecule has 0 saturated heterocycles. The normalized spacial score (nSPS) is 11.1. The smallest absolute Gasteiger partial charge is 0.262 e. The van der Waals surface area contributed by atoms with Gasteiger partial charge in [-0.3, -0.25) is 14.7 Å². The number of rotatable bonds is 5. The van der Waals surface area contributed by atoms with Gasteiger partial charge in [-0.2, -0.15) is 0 Å². The number of hydrogen-bond donors (Lipinski definition) is 1. The number of anilines is 1. The molecule has 6 nitrogen and oxygen atoms in total. The van der Waals surface area contributed by atoms with E-state index in [1.807, 2.05) is 60.7 Å². The quantitative estimate of drug-likeness (QED) is 0.438. The third kappa shape index (κ3) is 3.29. The second kappa shape index (κ2) is 7.61. The zero-order chi connectivity index (χ0) is 20.5. The number of fused-ring (bicyclic) bond motifs is 2. The van der Waals surface area contributed by atoms with Crippen LogP contribution in [-0.4, -0.2) is 28.0 Å². The average molecular weight is 414 g/mol. The van der Waals surface area contributed by atoms with Gasteiger partial charge in [-0.15, -0.1) is 0 Å². The van der Waals surface area contributed by atoms with E-state index < -0.39 is 0 Å². The van der Waals surface area contributed by atoms with Gasteiger partial charge in [-0.05, 0) is 30.3 Å². The molecular weight excluding hydrogens is 396 g/mol. The van der Waals surface area contributed by atoms with Crippen LogP contribution < -0.4 is 9.64 Å². The molecule has 0 fully saturated rings. The molecule has 0 saturated carbocycles. The first kappa shape index (κ1) is 18.3. The molecule has 0 unspecified atom stereocenters. The molecule has 0 radical (unpaired) electrons. The lowest BCUT2D eigenvalue weighted by Crippen LogP contribution is -2.30. The number of aromatic amines is 1. The van der Waals surface area contributed by atoms with Gasteiger partial charge in [0.05, 0.1) is 35.1 Å². The number of aromatic nitrogens is 3. The number of carbonyl (C=O) groups is 1. The first-order valence-electron chi connectivity index (χ1n) is 9.45. The minimum absolute atomic E-state index is 0.121. The highest BCUT2D eigenvalue weighted by molar-refractivity contribution is 7.22. The van der Waals surface area contributed by atoms with Crippen molar-refractivity contribution in [3.63, 3.8) is 0 Å². The maximum absolute atomic E-state index is 13.6. The molecular formula is C23H18N4O2S. The summed E-state index contributed by atoms with van der Waals surface area (Å²) in [6, 6.07) is 19.2. The predicted molar refractivity (Wildman–Crippen MR) is 119 cm³/mol. The van der Waals surface area contributed by atoms with Crippen molar-refractivity contribution < 1.29 is 9.53 Å². The summed E-state index contributed by atoms with van der Waals surface area (Å²) in [6.07, 6.45) is 3.49. The molecule has 1 N–H and O–H groups in total. The summed E-state index contributed by atoms with van der Waals surface area (Å²) in [6.45, 7) is 0.330. The number of hydrogen-bond acceptors (Lipinski definition) is 5. The largest absolute Gasteiger partial charge is 0.497 e. The van der Waals surface area contributed by atoms with Crippen LogP contribution in [0.15, 0.2) is 73.1 Å². The van der Waals surface area contributed by atoms with Crippen LogP contribution >= 0.6 is 11.3 Å². The van der Waals surface area contributed by atoms with Crippen molar-refractivity contribution in [1.29, 1.82) is 0 Å². The first-order valence-corrected chi connectivity index (χ1v) is 10.3. The summed E-state index contributed by atoms with van der Waals surface area (Å²) in [7, 11) is 1.63. The molecule has 0 aliphatic heterocycles. The van der Waals surface area contributed by atoms with E-state index in [4.69, 9.17) is 9.72 Å². The van der Waals surface area contributed by atoms with E-state index in [9.17, 15) is 4.79 Å². The van der Waals surface area contributed by atoms with Gasteiger partial charge < -0.3 is 9.72 Å². The summed E-state index contributed by atoms with van der Waals surface area (Å²) >= 11 is 1.48. The Hall–Kier alpha value is -3.71. The van der Waals surface area contributed by atoms with Crippen molar-refractivity contribution >= 4 is 43.5 Å². The van der Waals surface area contributed by atoms with Crippen LogP contribution in [0.4, 0.5) is 5.13 Å². The van der Waals surface area contributed by atoms with Crippen LogP contribution in [0, 0.1) is 0 Å². The summed E-state index contributed by atoms with van der Waals surface area (Å²) < 4.78 is 6.30. The number of thiazole rings is 1. The number of amides is 1. The Balaban J connectivity index is 1.60. The van der Waals surface area contributed by atoms with Crippen LogP contribution in [0.3, 0.4) is 0 Å². The molecule has 1 amide bonds. The number of pyridine rings is 1. The third-order valence-corrected chi connectivity index (χ3v) is 5.98. The molecule has 0 bridgehead atoms. The number of ether oxygens (including phenoxy) is 1. The summed E-state index contributed by atoms with van der Waals surface area (Å²) in [5, 5.41) is 1.51. The summed E-state index contributed by atoms with van der Waals surface area (Å²) in [5.41, 5.74) is 3.13. The maximum Gasteiger partial charge on any atom is 0.262 e. The van der Waals surface area contributed by atoms with Gasteiger partial charge in [0.15, 0.2) is 5.13 Å². The molecule has 30 heavy (non-hydrogen) atoms. The summed E-state index contributed by atoms with van der Waals surface area (Å²) in [5.74, 6) is 0.614. The van der Waals surface area contributed by atoms with Crippen molar-refractivity contribution in [2.24, 2.45) is 0 Å². The van der Waals surface area contributed by atoms with Gasteiger partial charge in [-0.1, -0.05) is 35.6 Å². The Bertz CT molecular complexity index is 1340. The third-order valence-electron chi connectivity index (χ3n) is 4.93. The molecule has 3 heterocycles. The van der Waals surface area contributed by atoms with Crippen LogP contribution in [0.2, 0.25) is 0 Å². The number of nitrogens with one attached hydrogen (secondary N) is 1. The van der Waals surface area contributed by atoms with E-state index in [0.717, 1.165) is 32.6 Å². The van der Waals surface area contributed by atoms with Gasteiger partial charge in [0.2, 0.25) is 0 Å². The maximum atomic E-state index is 13.6. The van der Waals surface area contributed by atoms with Gasteiger partial charge >= 0.3 is 0 Å². The lowest BCUT2D eigenvalue weighted by molar-refractivity contribution is 0.0986. The SMILES string of the molecule is COc1ccc2sc(N(Cc3ccccn3)C(=O)c3c[nH]c4ccccc34)nc2c1. The van der Waals surface area contributed by atoms with Gasteiger partial charge in [0, 0.05) is 29.4 Å². The van der Waals surface area contributed by atoms with Crippen LogP contribution in [-0.2, 0) is 6.54 Å². The fraction of sp³-hybridized carbons (Fsp3) is 0.0870. The standard InChI is InChI=1S/C23H18N4O2S/c1-29-16-9-10-21-20(12-16)26-23(30-21)27(14-15-6-4-5-11-24-15)22(28)18-13-25-19-8-3-2-7-17(18)19/h2-13,25H,14H2,1H3. The molecule has 5 rings (SSSR count). The number of methoxy groups -OCH3 is 1. The molecule has 7 heteroatoms. The zero-order valence-electron chi connectivity index (χ0n) is 16.2. The van der Waals surface area contributed by atoms with Gasteiger partial charge in [-0.25, -0.2) is 4.98 Å². The van der Waals surface area contributed by atoms with Crippen molar-refractivity contribution in [3.05, 3.63) is 84.3 Å². The van der Waals surface area contributed by atoms with Crippen LogP contribution in [0.1, 0.15) is 16.1 Å². The molecule has 3 aromatic heterocycles. The molecule has 0 atom stereocenters. The predicted octanol–water partition coefficient (Wildman–Crippen LogP) is 5.03. The average Bonchev–Trinajstić information content (AvgIpc) is 3.41. The fourth-order valence-corrected chi connectivity index (χ4v) is 4.35. The van der Waals surface area contributed by atoms with E-state index in [-0.39, 0.29) is 5.91 Å². The minimum atomic E-state index is -0.121. The van der Waals surface area contributed by atoms with Crippen LogP contribution in [0.5, 0.6) is 5.75 Å². The Labute approximate surface area is 176 Å². The Morgan fingerprint density at radius 1 is 1.13 bits per heavy atom. The molecule has 2 aromatic carbocycles. The lowest BCUT2D eigenvalue weighted by atomic mass is 10.1. The lowest BCUT2D eigenvalue weighted by Gasteiger charge is -2.19. The number of H-pyrrole nitrogens is 1. The molecule has 0 aliphatic carbocycles. The number of carbonyl (C=O) groups excluding carboxylic acids is 1. The Kier molecular flexibility index (Phi) is 4.65. The zero-order valence-corrected chi connectivity index (χ0v) is 17.0. The fourth-order valence-electron chi connectivity index (χ4n) is 3.41. The van der Waals surface area contributed by atoms with E-state index in [1.165, 1.54) is 11.3 Å². The number of nitrogens with zero attached hydrogens (tertiary/aromatic N) is 3. The van der Waals surface area contributed by atoms with Crippen molar-refractivity contribution in [3.8, 4) is 5.75 Å². The second-order valence-electron chi connectivity index (χ2n) is 6.79. The first-order chi connectivity index (χ1) is 14.7.